The predicted molar refractivity (Wildman–Crippen MR) is 71.0 cm³/mol. The smallest absolute Gasteiger partial charge is 0.0771 e. The zero-order valence-corrected chi connectivity index (χ0v) is 11.6. The molecule has 1 rings (SSSR count). The highest BCUT2D eigenvalue weighted by Gasteiger charge is 2.28. The fraction of sp³-hybridized carbons (Fsp3) is 1.00. The van der Waals surface area contributed by atoms with Crippen LogP contribution in [0.5, 0.6) is 0 Å². The van der Waals surface area contributed by atoms with Crippen molar-refractivity contribution in [2.75, 3.05) is 13.1 Å². The minimum absolute atomic E-state index is 0.156. The first-order valence-corrected chi connectivity index (χ1v) is 6.92. The van der Waals surface area contributed by atoms with Crippen LogP contribution in [0.15, 0.2) is 0 Å². The van der Waals surface area contributed by atoms with Crippen LogP contribution in [0.4, 0.5) is 0 Å². The van der Waals surface area contributed by atoms with E-state index in [1.807, 2.05) is 0 Å². The Kier molecular flexibility index (Phi) is 5.42. The Hall–Kier alpha value is -0.120. The van der Waals surface area contributed by atoms with Gasteiger partial charge in [-0.25, -0.2) is 0 Å². The molecule has 0 aliphatic heterocycles. The first kappa shape index (κ1) is 14.9. The molecule has 0 aromatic rings. The van der Waals surface area contributed by atoms with Crippen molar-refractivity contribution >= 4 is 0 Å². The molecule has 102 valence electrons. The fourth-order valence-corrected chi connectivity index (χ4v) is 2.64. The van der Waals surface area contributed by atoms with Gasteiger partial charge in [-0.2, -0.15) is 0 Å². The van der Waals surface area contributed by atoms with Gasteiger partial charge in [0.15, 0.2) is 0 Å². The van der Waals surface area contributed by atoms with Crippen molar-refractivity contribution in [3.8, 4) is 0 Å². The molecule has 1 atom stereocenters. The van der Waals surface area contributed by atoms with Gasteiger partial charge in [0.1, 0.15) is 0 Å². The molecule has 0 radical (unpaired) electrons. The summed E-state index contributed by atoms with van der Waals surface area (Å²) in [6.45, 7) is 7.59. The Morgan fingerprint density at radius 1 is 1.18 bits per heavy atom. The third kappa shape index (κ3) is 6.39. The summed E-state index contributed by atoms with van der Waals surface area (Å²) in [4.78, 5) is 0. The van der Waals surface area contributed by atoms with Gasteiger partial charge >= 0.3 is 0 Å². The Morgan fingerprint density at radius 3 is 2.29 bits per heavy atom. The number of aliphatic hydroxyl groups is 2. The van der Waals surface area contributed by atoms with E-state index in [4.69, 9.17) is 0 Å². The van der Waals surface area contributed by atoms with Gasteiger partial charge in [-0.1, -0.05) is 40.0 Å². The molecule has 1 aliphatic rings. The third-order valence-electron chi connectivity index (χ3n) is 3.47. The van der Waals surface area contributed by atoms with E-state index in [-0.39, 0.29) is 11.5 Å². The Morgan fingerprint density at radius 2 is 1.76 bits per heavy atom. The lowest BCUT2D eigenvalue weighted by molar-refractivity contribution is 0.00176. The van der Waals surface area contributed by atoms with E-state index in [1.54, 1.807) is 0 Å². The van der Waals surface area contributed by atoms with E-state index in [0.717, 1.165) is 32.1 Å². The maximum Gasteiger partial charge on any atom is 0.0771 e. The van der Waals surface area contributed by atoms with Gasteiger partial charge < -0.3 is 15.5 Å². The molecule has 0 aromatic carbocycles. The summed E-state index contributed by atoms with van der Waals surface area (Å²) >= 11 is 0. The highest BCUT2D eigenvalue weighted by atomic mass is 16.3. The highest BCUT2D eigenvalue weighted by molar-refractivity contribution is 4.84. The summed E-state index contributed by atoms with van der Waals surface area (Å²) in [7, 11) is 0. The van der Waals surface area contributed by atoms with Crippen molar-refractivity contribution in [1.29, 1.82) is 0 Å². The van der Waals surface area contributed by atoms with Crippen LogP contribution in [0.2, 0.25) is 0 Å². The lowest BCUT2D eigenvalue weighted by Crippen LogP contribution is -2.44. The second kappa shape index (κ2) is 6.17. The summed E-state index contributed by atoms with van der Waals surface area (Å²) in [5.74, 6) is 0. The zero-order valence-electron chi connectivity index (χ0n) is 11.6. The Labute approximate surface area is 106 Å². The number of hydrogen-bond donors (Lipinski definition) is 3. The average molecular weight is 243 g/mol. The van der Waals surface area contributed by atoms with Crippen molar-refractivity contribution in [3.63, 3.8) is 0 Å². The van der Waals surface area contributed by atoms with Crippen LogP contribution in [0.1, 0.15) is 59.3 Å². The van der Waals surface area contributed by atoms with Gasteiger partial charge in [0.05, 0.1) is 11.7 Å². The molecule has 3 nitrogen and oxygen atoms in total. The molecule has 0 spiro atoms. The maximum atomic E-state index is 10.3. The van der Waals surface area contributed by atoms with Crippen molar-refractivity contribution in [2.45, 2.75) is 71.0 Å². The van der Waals surface area contributed by atoms with Crippen LogP contribution in [0.3, 0.4) is 0 Å². The van der Waals surface area contributed by atoms with Crippen molar-refractivity contribution in [1.82, 2.24) is 5.32 Å². The molecule has 1 saturated carbocycles. The van der Waals surface area contributed by atoms with Crippen molar-refractivity contribution < 1.29 is 10.2 Å². The first-order valence-electron chi connectivity index (χ1n) is 6.92. The minimum atomic E-state index is -0.528. The standard InChI is InChI=1S/C14H29NO2/c1-13(2,3)9-12(16)10-15-11-14(17)7-5-4-6-8-14/h12,15-17H,4-11H2,1-3H3. The largest absolute Gasteiger partial charge is 0.392 e. The summed E-state index contributed by atoms with van der Waals surface area (Å²) in [6, 6.07) is 0. The molecule has 0 heterocycles. The highest BCUT2D eigenvalue weighted by Crippen LogP contribution is 2.27. The first-order chi connectivity index (χ1) is 7.81. The van der Waals surface area contributed by atoms with Crippen LogP contribution in [-0.4, -0.2) is 35.0 Å². The topological polar surface area (TPSA) is 52.5 Å². The molecule has 0 bridgehead atoms. The van der Waals surface area contributed by atoms with Crippen LogP contribution in [-0.2, 0) is 0 Å². The van der Waals surface area contributed by atoms with E-state index in [9.17, 15) is 10.2 Å². The molecule has 0 saturated heterocycles. The van der Waals surface area contributed by atoms with Crippen molar-refractivity contribution in [3.05, 3.63) is 0 Å². The van der Waals surface area contributed by atoms with Crippen LogP contribution in [0, 0.1) is 5.41 Å². The molecule has 0 aromatic heterocycles. The molecule has 3 heteroatoms. The number of nitrogens with one attached hydrogen (secondary N) is 1. The maximum absolute atomic E-state index is 10.3. The van der Waals surface area contributed by atoms with E-state index >= 15 is 0 Å². The molecule has 1 fully saturated rings. The van der Waals surface area contributed by atoms with Gasteiger partial charge in [0.2, 0.25) is 0 Å². The van der Waals surface area contributed by atoms with Gasteiger partial charge in [-0.15, -0.1) is 0 Å². The molecular weight excluding hydrogens is 214 g/mol. The average Bonchev–Trinajstić information content (AvgIpc) is 2.15. The van der Waals surface area contributed by atoms with Crippen LogP contribution in [0.25, 0.3) is 0 Å². The molecule has 1 aliphatic carbocycles. The quantitative estimate of drug-likeness (QED) is 0.693. The zero-order chi connectivity index (χ0) is 12.9. The van der Waals surface area contributed by atoms with E-state index in [1.165, 1.54) is 6.42 Å². The lowest BCUT2D eigenvalue weighted by atomic mass is 9.84. The fourth-order valence-electron chi connectivity index (χ4n) is 2.64. The summed E-state index contributed by atoms with van der Waals surface area (Å²) in [6.07, 6.45) is 5.77. The second-order valence-electron chi connectivity index (χ2n) is 6.83. The normalized spacial score (nSPS) is 22.4. The monoisotopic (exact) mass is 243 g/mol. The van der Waals surface area contributed by atoms with E-state index in [0.29, 0.717) is 13.1 Å². The van der Waals surface area contributed by atoms with Crippen LogP contribution < -0.4 is 5.32 Å². The molecule has 3 N–H and O–H groups in total. The van der Waals surface area contributed by atoms with Crippen LogP contribution >= 0.6 is 0 Å². The van der Waals surface area contributed by atoms with Crippen molar-refractivity contribution in [2.24, 2.45) is 5.41 Å². The third-order valence-corrected chi connectivity index (χ3v) is 3.47. The van der Waals surface area contributed by atoms with Gasteiger partial charge in [0.25, 0.3) is 0 Å². The predicted octanol–water partition coefficient (Wildman–Crippen LogP) is 2.07. The molecule has 1 unspecified atom stereocenters. The number of rotatable bonds is 5. The van der Waals surface area contributed by atoms with Gasteiger partial charge in [-0.05, 0) is 24.7 Å². The number of aliphatic hydroxyl groups excluding tert-OH is 1. The summed E-state index contributed by atoms with van der Waals surface area (Å²) in [5.41, 5.74) is -0.372. The minimum Gasteiger partial charge on any atom is -0.392 e. The Balaban J connectivity index is 2.18. The van der Waals surface area contributed by atoms with Gasteiger partial charge in [-0.3, -0.25) is 0 Å². The lowest BCUT2D eigenvalue weighted by Gasteiger charge is -2.33. The van der Waals surface area contributed by atoms with Gasteiger partial charge in [0, 0.05) is 13.1 Å². The SMILES string of the molecule is CC(C)(C)CC(O)CNCC1(O)CCCCC1. The summed E-state index contributed by atoms with van der Waals surface area (Å²) in [5, 5.41) is 23.3. The Bertz CT molecular complexity index is 217. The van der Waals surface area contributed by atoms with E-state index < -0.39 is 5.60 Å². The second-order valence-corrected chi connectivity index (χ2v) is 6.83. The molecule has 0 amide bonds. The summed E-state index contributed by atoms with van der Waals surface area (Å²) < 4.78 is 0. The molecular formula is C14H29NO2. The van der Waals surface area contributed by atoms with E-state index in [2.05, 4.69) is 26.1 Å². The number of hydrogen-bond acceptors (Lipinski definition) is 3. The molecule has 17 heavy (non-hydrogen) atoms.